The van der Waals surface area contributed by atoms with Crippen molar-refractivity contribution in [1.29, 1.82) is 0 Å². The largest absolute Gasteiger partial charge is 0.392 e. The highest BCUT2D eigenvalue weighted by atomic mass is 32.2. The van der Waals surface area contributed by atoms with E-state index in [0.717, 1.165) is 5.56 Å². The summed E-state index contributed by atoms with van der Waals surface area (Å²) in [5.41, 5.74) is 2.00. The van der Waals surface area contributed by atoms with Crippen LogP contribution >= 0.6 is 0 Å². The third-order valence-corrected chi connectivity index (χ3v) is 4.67. The fourth-order valence-corrected chi connectivity index (χ4v) is 3.27. The van der Waals surface area contributed by atoms with Crippen LogP contribution in [0.1, 0.15) is 28.4 Å². The molecule has 0 saturated heterocycles. The van der Waals surface area contributed by atoms with Crippen molar-refractivity contribution in [1.82, 2.24) is 14.9 Å². The highest BCUT2D eigenvalue weighted by molar-refractivity contribution is 7.89. The molecule has 0 fully saturated rings. The molecule has 21 heavy (non-hydrogen) atoms. The molecule has 2 rings (SSSR count). The summed E-state index contributed by atoms with van der Waals surface area (Å²) < 4.78 is 32.0. The molecule has 0 spiro atoms. The van der Waals surface area contributed by atoms with Crippen LogP contribution in [0, 0.1) is 20.8 Å². The Bertz CT molecular complexity index is 753. The van der Waals surface area contributed by atoms with Gasteiger partial charge < -0.3 is 9.63 Å². The molecule has 0 unspecified atom stereocenters. The van der Waals surface area contributed by atoms with Crippen molar-refractivity contribution in [2.75, 3.05) is 0 Å². The van der Waals surface area contributed by atoms with Gasteiger partial charge in [0.15, 0.2) is 5.82 Å². The molecule has 7 nitrogen and oxygen atoms in total. The van der Waals surface area contributed by atoms with E-state index >= 15 is 0 Å². The van der Waals surface area contributed by atoms with Gasteiger partial charge in [0, 0.05) is 6.92 Å². The number of aromatic nitrogens is 2. The van der Waals surface area contributed by atoms with E-state index in [4.69, 9.17) is 4.52 Å². The summed E-state index contributed by atoms with van der Waals surface area (Å²) in [6.07, 6.45) is 0. The van der Waals surface area contributed by atoms with Crippen LogP contribution in [0.5, 0.6) is 0 Å². The first-order chi connectivity index (χ1) is 9.83. The maximum absolute atomic E-state index is 12.4. The fraction of sp³-hybridized carbons (Fsp3) is 0.385. The Morgan fingerprint density at radius 2 is 2.00 bits per heavy atom. The normalized spacial score (nSPS) is 11.8. The molecule has 0 aliphatic rings. The van der Waals surface area contributed by atoms with Gasteiger partial charge in [-0.05, 0) is 36.6 Å². The number of sulfonamides is 1. The molecular weight excluding hydrogens is 294 g/mol. The van der Waals surface area contributed by atoms with Crippen molar-refractivity contribution in [2.24, 2.45) is 0 Å². The minimum Gasteiger partial charge on any atom is -0.392 e. The molecule has 0 saturated carbocycles. The smallest absolute Gasteiger partial charge is 0.241 e. The fourth-order valence-electron chi connectivity index (χ4n) is 1.92. The number of aliphatic hydroxyl groups excluding tert-OH is 1. The first kappa shape index (κ1) is 15.6. The number of hydrogen-bond donors (Lipinski definition) is 2. The number of hydrogen-bond acceptors (Lipinski definition) is 6. The van der Waals surface area contributed by atoms with Crippen molar-refractivity contribution < 1.29 is 18.0 Å². The van der Waals surface area contributed by atoms with Crippen LogP contribution < -0.4 is 4.72 Å². The summed E-state index contributed by atoms with van der Waals surface area (Å²) in [4.78, 5) is 4.08. The van der Waals surface area contributed by atoms with Crippen molar-refractivity contribution in [3.63, 3.8) is 0 Å². The summed E-state index contributed by atoms with van der Waals surface area (Å²) in [5.74, 6) is 0.641. The SMILES string of the molecule is Cc1nc(CNS(=O)(=O)c2cc(CO)cc(C)c2C)no1. The number of aryl methyl sites for hydroxylation is 2. The van der Waals surface area contributed by atoms with Gasteiger partial charge in [0.1, 0.15) is 0 Å². The second kappa shape index (κ2) is 5.92. The van der Waals surface area contributed by atoms with Crippen molar-refractivity contribution in [3.05, 3.63) is 40.5 Å². The Labute approximate surface area is 123 Å². The highest BCUT2D eigenvalue weighted by Crippen LogP contribution is 2.21. The molecule has 2 aromatic rings. The molecule has 1 aromatic carbocycles. The predicted octanol–water partition coefficient (Wildman–Crippen LogP) is 0.966. The van der Waals surface area contributed by atoms with Crippen LogP contribution in [-0.4, -0.2) is 23.7 Å². The lowest BCUT2D eigenvalue weighted by molar-refractivity contribution is 0.281. The van der Waals surface area contributed by atoms with E-state index in [1.165, 1.54) is 6.07 Å². The van der Waals surface area contributed by atoms with Crippen molar-refractivity contribution in [2.45, 2.75) is 38.8 Å². The minimum atomic E-state index is -3.72. The molecule has 114 valence electrons. The number of nitrogens with one attached hydrogen (secondary N) is 1. The van der Waals surface area contributed by atoms with E-state index in [-0.39, 0.29) is 23.9 Å². The summed E-state index contributed by atoms with van der Waals surface area (Å²) in [6.45, 7) is 4.89. The number of aliphatic hydroxyl groups is 1. The van der Waals surface area contributed by atoms with Crippen molar-refractivity contribution in [3.8, 4) is 0 Å². The topological polar surface area (TPSA) is 105 Å². The molecule has 1 aromatic heterocycles. The Hall–Kier alpha value is -1.77. The van der Waals surface area contributed by atoms with Gasteiger partial charge in [0.25, 0.3) is 0 Å². The van der Waals surface area contributed by atoms with Crippen LogP contribution in [-0.2, 0) is 23.2 Å². The molecule has 0 bridgehead atoms. The third-order valence-electron chi connectivity index (χ3n) is 3.14. The molecule has 0 radical (unpaired) electrons. The van der Waals surface area contributed by atoms with Crippen LogP contribution in [0.15, 0.2) is 21.6 Å². The summed E-state index contributed by atoms with van der Waals surface area (Å²) >= 11 is 0. The quantitative estimate of drug-likeness (QED) is 0.852. The van der Waals surface area contributed by atoms with Gasteiger partial charge in [-0.2, -0.15) is 4.98 Å². The standard InChI is InChI=1S/C13H17N3O4S/c1-8-4-11(7-17)5-12(9(8)2)21(18,19)14-6-13-15-10(3)20-16-13/h4-5,14,17H,6-7H2,1-3H3. The van der Waals surface area contributed by atoms with E-state index in [1.807, 2.05) is 0 Å². The second-order valence-electron chi connectivity index (χ2n) is 4.75. The van der Waals surface area contributed by atoms with Gasteiger partial charge in [-0.15, -0.1) is 0 Å². The van der Waals surface area contributed by atoms with E-state index in [1.54, 1.807) is 26.8 Å². The van der Waals surface area contributed by atoms with Crippen LogP contribution in [0.3, 0.4) is 0 Å². The van der Waals surface area contributed by atoms with Gasteiger partial charge in [0.2, 0.25) is 15.9 Å². The first-order valence-electron chi connectivity index (χ1n) is 6.33. The summed E-state index contributed by atoms with van der Waals surface area (Å²) in [7, 11) is -3.72. The van der Waals surface area contributed by atoms with E-state index in [9.17, 15) is 13.5 Å². The zero-order valence-corrected chi connectivity index (χ0v) is 12.9. The maximum atomic E-state index is 12.4. The summed E-state index contributed by atoms with van der Waals surface area (Å²) in [5, 5.41) is 12.8. The molecule has 2 N–H and O–H groups in total. The zero-order chi connectivity index (χ0) is 15.6. The van der Waals surface area contributed by atoms with Crippen LogP contribution in [0.2, 0.25) is 0 Å². The van der Waals surface area contributed by atoms with Crippen LogP contribution in [0.25, 0.3) is 0 Å². The number of nitrogens with zero attached hydrogens (tertiary/aromatic N) is 2. The average molecular weight is 311 g/mol. The van der Waals surface area contributed by atoms with Crippen molar-refractivity contribution >= 4 is 10.0 Å². The zero-order valence-electron chi connectivity index (χ0n) is 12.0. The minimum absolute atomic E-state index is 0.0541. The monoisotopic (exact) mass is 311 g/mol. The maximum Gasteiger partial charge on any atom is 0.241 e. The van der Waals surface area contributed by atoms with E-state index in [0.29, 0.717) is 17.0 Å². The molecule has 0 aliphatic carbocycles. The molecule has 1 heterocycles. The Kier molecular flexibility index (Phi) is 4.40. The number of rotatable bonds is 5. The lowest BCUT2D eigenvalue weighted by Crippen LogP contribution is -2.25. The second-order valence-corrected chi connectivity index (χ2v) is 6.48. The van der Waals surface area contributed by atoms with Gasteiger partial charge in [-0.3, -0.25) is 0 Å². The van der Waals surface area contributed by atoms with Gasteiger partial charge in [0.05, 0.1) is 18.0 Å². The molecule has 8 heteroatoms. The third kappa shape index (κ3) is 3.46. The first-order valence-corrected chi connectivity index (χ1v) is 7.81. The Balaban J connectivity index is 2.29. The Morgan fingerprint density at radius 1 is 1.29 bits per heavy atom. The molecule has 0 amide bonds. The molecule has 0 aliphatic heterocycles. The Morgan fingerprint density at radius 3 is 2.57 bits per heavy atom. The molecule has 0 atom stereocenters. The lowest BCUT2D eigenvalue weighted by atomic mass is 10.1. The van der Waals surface area contributed by atoms with Gasteiger partial charge in [-0.1, -0.05) is 11.2 Å². The van der Waals surface area contributed by atoms with E-state index in [2.05, 4.69) is 14.9 Å². The van der Waals surface area contributed by atoms with E-state index < -0.39 is 10.0 Å². The number of benzene rings is 1. The highest BCUT2D eigenvalue weighted by Gasteiger charge is 2.19. The average Bonchev–Trinajstić information content (AvgIpc) is 2.85. The van der Waals surface area contributed by atoms with Gasteiger partial charge >= 0.3 is 0 Å². The predicted molar refractivity (Wildman–Crippen MR) is 74.9 cm³/mol. The van der Waals surface area contributed by atoms with Gasteiger partial charge in [-0.25, -0.2) is 13.1 Å². The van der Waals surface area contributed by atoms with Crippen LogP contribution in [0.4, 0.5) is 0 Å². The molecular formula is C13H17N3O4S. The summed E-state index contributed by atoms with van der Waals surface area (Å²) in [6, 6.07) is 3.23. The lowest BCUT2D eigenvalue weighted by Gasteiger charge is -2.12.